The maximum Gasteiger partial charge on any atom is 0.133 e. The standard InChI is InChI=1S/C8H9NS2/c9-7-10-5-1-3-8-4-2-6-11-8/h2,4,6H,1,3,5H2. The van der Waals surface area contributed by atoms with E-state index in [2.05, 4.69) is 22.9 Å². The number of hydrogen-bond acceptors (Lipinski definition) is 3. The van der Waals surface area contributed by atoms with Gasteiger partial charge in [0, 0.05) is 10.6 Å². The van der Waals surface area contributed by atoms with Gasteiger partial charge in [-0.3, -0.25) is 0 Å². The number of thioether (sulfide) groups is 1. The Balaban J connectivity index is 2.10. The highest BCUT2D eigenvalue weighted by molar-refractivity contribution is 8.03. The molecule has 58 valence electrons. The Morgan fingerprint density at radius 2 is 2.55 bits per heavy atom. The topological polar surface area (TPSA) is 23.8 Å². The molecule has 1 aromatic heterocycles. The third-order valence-electron chi connectivity index (χ3n) is 1.31. The van der Waals surface area contributed by atoms with Gasteiger partial charge in [0.2, 0.25) is 0 Å². The fourth-order valence-electron chi connectivity index (χ4n) is 0.819. The van der Waals surface area contributed by atoms with Crippen LogP contribution in [0.15, 0.2) is 17.5 Å². The molecule has 0 bridgehead atoms. The fraction of sp³-hybridized carbons (Fsp3) is 0.375. The molecule has 0 N–H and O–H groups in total. The molecule has 1 aromatic rings. The van der Waals surface area contributed by atoms with Crippen molar-refractivity contribution in [3.8, 4) is 5.40 Å². The number of thiocyanates is 1. The summed E-state index contributed by atoms with van der Waals surface area (Å²) in [5.74, 6) is 0.953. The van der Waals surface area contributed by atoms with Crippen molar-refractivity contribution in [1.29, 1.82) is 5.26 Å². The molecule has 0 unspecified atom stereocenters. The van der Waals surface area contributed by atoms with Crippen molar-refractivity contribution in [2.24, 2.45) is 0 Å². The second kappa shape index (κ2) is 5.22. The second-order valence-electron chi connectivity index (χ2n) is 2.12. The lowest BCUT2D eigenvalue weighted by Gasteiger charge is -1.92. The van der Waals surface area contributed by atoms with E-state index in [0.717, 1.165) is 18.6 Å². The van der Waals surface area contributed by atoms with Gasteiger partial charge >= 0.3 is 0 Å². The Bertz CT molecular complexity index is 223. The van der Waals surface area contributed by atoms with E-state index in [0.29, 0.717) is 0 Å². The third-order valence-corrected chi connectivity index (χ3v) is 2.87. The van der Waals surface area contributed by atoms with E-state index < -0.39 is 0 Å². The molecular weight excluding hydrogens is 174 g/mol. The highest BCUT2D eigenvalue weighted by atomic mass is 32.2. The van der Waals surface area contributed by atoms with Crippen LogP contribution < -0.4 is 0 Å². The van der Waals surface area contributed by atoms with Gasteiger partial charge in [0.25, 0.3) is 0 Å². The molecule has 0 saturated heterocycles. The minimum Gasteiger partial charge on any atom is -0.185 e. The zero-order valence-corrected chi connectivity index (χ0v) is 7.75. The van der Waals surface area contributed by atoms with E-state index in [1.54, 1.807) is 11.3 Å². The van der Waals surface area contributed by atoms with Crippen LogP contribution in [-0.4, -0.2) is 5.75 Å². The summed E-state index contributed by atoms with van der Waals surface area (Å²) in [7, 11) is 0. The van der Waals surface area contributed by atoms with Crippen LogP contribution >= 0.6 is 23.1 Å². The smallest absolute Gasteiger partial charge is 0.133 e. The van der Waals surface area contributed by atoms with E-state index in [-0.39, 0.29) is 0 Å². The summed E-state index contributed by atoms with van der Waals surface area (Å²) in [4.78, 5) is 1.42. The third kappa shape index (κ3) is 3.45. The Morgan fingerprint density at radius 1 is 1.64 bits per heavy atom. The molecular formula is C8H9NS2. The van der Waals surface area contributed by atoms with Crippen LogP contribution in [0.3, 0.4) is 0 Å². The summed E-state index contributed by atoms with van der Waals surface area (Å²) in [6, 6.07) is 4.21. The number of nitriles is 1. The molecule has 1 heterocycles. The highest BCUT2D eigenvalue weighted by Gasteiger charge is 1.92. The largest absolute Gasteiger partial charge is 0.185 e. The summed E-state index contributed by atoms with van der Waals surface area (Å²) < 4.78 is 0. The molecule has 11 heavy (non-hydrogen) atoms. The normalized spacial score (nSPS) is 9.36. The van der Waals surface area contributed by atoms with Gasteiger partial charge in [-0.25, -0.2) is 0 Å². The molecule has 0 spiro atoms. The zero-order valence-electron chi connectivity index (χ0n) is 6.12. The summed E-state index contributed by atoms with van der Waals surface area (Å²) in [6.45, 7) is 0. The van der Waals surface area contributed by atoms with Gasteiger partial charge in [0.05, 0.1) is 0 Å². The molecule has 0 aliphatic carbocycles. The van der Waals surface area contributed by atoms with Crippen LogP contribution in [0.2, 0.25) is 0 Å². The minimum atomic E-state index is 0.953. The molecule has 0 aromatic carbocycles. The summed E-state index contributed by atoms with van der Waals surface area (Å²) in [5.41, 5.74) is 0. The number of hydrogen-bond donors (Lipinski definition) is 0. The van der Waals surface area contributed by atoms with Gasteiger partial charge in [0.1, 0.15) is 5.40 Å². The van der Waals surface area contributed by atoms with E-state index in [4.69, 9.17) is 5.26 Å². The van der Waals surface area contributed by atoms with Gasteiger partial charge < -0.3 is 0 Å². The van der Waals surface area contributed by atoms with Crippen LogP contribution in [-0.2, 0) is 6.42 Å². The van der Waals surface area contributed by atoms with Crippen LogP contribution in [0.4, 0.5) is 0 Å². The Labute approximate surface area is 75.0 Å². The number of aryl methyl sites for hydroxylation is 1. The molecule has 0 aliphatic heterocycles. The maximum atomic E-state index is 8.24. The molecule has 0 aliphatic rings. The summed E-state index contributed by atoms with van der Waals surface area (Å²) >= 11 is 3.13. The van der Waals surface area contributed by atoms with Gasteiger partial charge in [-0.2, -0.15) is 5.26 Å². The Kier molecular flexibility index (Phi) is 4.10. The first-order valence-corrected chi connectivity index (χ1v) is 5.33. The summed E-state index contributed by atoms with van der Waals surface area (Å²) in [6.07, 6.45) is 2.23. The molecule has 0 fully saturated rings. The molecule has 0 saturated carbocycles. The predicted molar refractivity (Wildman–Crippen MR) is 50.7 cm³/mol. The first-order valence-electron chi connectivity index (χ1n) is 3.47. The maximum absolute atomic E-state index is 8.24. The van der Waals surface area contributed by atoms with Crippen molar-refractivity contribution in [1.82, 2.24) is 0 Å². The molecule has 0 radical (unpaired) electrons. The average molecular weight is 183 g/mol. The first kappa shape index (κ1) is 8.63. The molecule has 1 rings (SSSR count). The fourth-order valence-corrected chi connectivity index (χ4v) is 1.95. The lowest BCUT2D eigenvalue weighted by Crippen LogP contribution is -1.82. The lowest BCUT2D eigenvalue weighted by molar-refractivity contribution is 0.954. The average Bonchev–Trinajstić information content (AvgIpc) is 2.50. The van der Waals surface area contributed by atoms with Gasteiger partial charge in [-0.15, -0.1) is 11.3 Å². The van der Waals surface area contributed by atoms with Crippen LogP contribution in [0, 0.1) is 10.7 Å². The van der Waals surface area contributed by atoms with Gasteiger partial charge in [-0.1, -0.05) is 6.07 Å². The molecule has 0 atom stereocenters. The molecule has 3 heteroatoms. The Hall–Kier alpha value is -0.460. The van der Waals surface area contributed by atoms with Crippen LogP contribution in [0.25, 0.3) is 0 Å². The van der Waals surface area contributed by atoms with E-state index >= 15 is 0 Å². The number of rotatable bonds is 4. The second-order valence-corrected chi connectivity index (χ2v) is 4.03. The first-order chi connectivity index (χ1) is 5.43. The molecule has 0 amide bonds. The van der Waals surface area contributed by atoms with Crippen LogP contribution in [0.1, 0.15) is 11.3 Å². The van der Waals surface area contributed by atoms with Crippen LogP contribution in [0.5, 0.6) is 0 Å². The van der Waals surface area contributed by atoms with Crippen molar-refractivity contribution in [2.45, 2.75) is 12.8 Å². The highest BCUT2D eigenvalue weighted by Crippen LogP contribution is 2.12. The van der Waals surface area contributed by atoms with E-state index in [1.807, 2.05) is 0 Å². The predicted octanol–water partition coefficient (Wildman–Crippen LogP) is 2.89. The zero-order chi connectivity index (χ0) is 7.94. The van der Waals surface area contributed by atoms with E-state index in [1.165, 1.54) is 16.6 Å². The lowest BCUT2D eigenvalue weighted by atomic mass is 10.3. The van der Waals surface area contributed by atoms with Crippen molar-refractivity contribution < 1.29 is 0 Å². The van der Waals surface area contributed by atoms with E-state index in [9.17, 15) is 0 Å². The van der Waals surface area contributed by atoms with Crippen molar-refractivity contribution >= 4 is 23.1 Å². The minimum absolute atomic E-state index is 0.953. The van der Waals surface area contributed by atoms with Gasteiger partial charge in [0.15, 0.2) is 0 Å². The SMILES string of the molecule is N#CSCCCc1cccs1. The number of thiophene rings is 1. The van der Waals surface area contributed by atoms with Crippen molar-refractivity contribution in [3.05, 3.63) is 22.4 Å². The molecule has 1 nitrogen and oxygen atoms in total. The van der Waals surface area contributed by atoms with Crippen molar-refractivity contribution in [3.63, 3.8) is 0 Å². The summed E-state index contributed by atoms with van der Waals surface area (Å²) in [5, 5.41) is 12.4. The monoisotopic (exact) mass is 183 g/mol. The van der Waals surface area contributed by atoms with Crippen molar-refractivity contribution in [2.75, 3.05) is 5.75 Å². The van der Waals surface area contributed by atoms with Gasteiger partial charge in [-0.05, 0) is 36.0 Å². The number of nitrogens with zero attached hydrogens (tertiary/aromatic N) is 1. The quantitative estimate of drug-likeness (QED) is 0.529. The Morgan fingerprint density at radius 3 is 3.18 bits per heavy atom.